The maximum absolute atomic E-state index is 10.4. The maximum atomic E-state index is 10.4. The summed E-state index contributed by atoms with van der Waals surface area (Å²) >= 11 is 7.15. The van der Waals surface area contributed by atoms with Gasteiger partial charge in [0.1, 0.15) is 0 Å². The van der Waals surface area contributed by atoms with Crippen molar-refractivity contribution in [1.82, 2.24) is 0 Å². The van der Waals surface area contributed by atoms with E-state index in [1.54, 1.807) is 17.6 Å². The third-order valence-electron chi connectivity index (χ3n) is 0.957. The van der Waals surface area contributed by atoms with E-state index in [2.05, 4.69) is 0 Å². The molecule has 0 aliphatic carbocycles. The highest BCUT2D eigenvalue weighted by Gasteiger charge is 1.87. The molecule has 1 unspecified atom stereocenters. The smallest absolute Gasteiger partial charge is 0.0927 e. The van der Waals surface area contributed by atoms with Gasteiger partial charge in [-0.25, -0.2) is 4.21 Å². The van der Waals surface area contributed by atoms with Crippen molar-refractivity contribution in [3.8, 4) is 0 Å². The van der Waals surface area contributed by atoms with Crippen LogP contribution in [-0.2, 0) is 11.0 Å². The zero-order chi connectivity index (χ0) is 10.1. The molecule has 0 fully saturated rings. The van der Waals surface area contributed by atoms with Crippen molar-refractivity contribution in [2.24, 2.45) is 5.14 Å². The fraction of sp³-hybridized carbons (Fsp3) is 0.250. The molecule has 0 aromatic heterocycles. The summed E-state index contributed by atoms with van der Waals surface area (Å²) in [5, 5.41) is 6.81. The molecule has 5 heteroatoms. The number of hydrogen-bond acceptors (Lipinski definition) is 2. The molecule has 74 valence electrons. The van der Waals surface area contributed by atoms with Crippen LogP contribution in [0.15, 0.2) is 34.1 Å². The standard InChI is InChI=1S/C8H12ClNOS2/c1-2-3-5-8(9)12-6-4-7-13(10)11/h2-6H,7,10H2,1H3/b3-2+,6-4+,8-5-. The van der Waals surface area contributed by atoms with Gasteiger partial charge in [-0.1, -0.05) is 41.6 Å². The highest BCUT2D eigenvalue weighted by Crippen LogP contribution is 2.20. The molecule has 0 aromatic rings. The number of nitrogens with two attached hydrogens (primary N) is 1. The van der Waals surface area contributed by atoms with Gasteiger partial charge in [0.05, 0.1) is 21.1 Å². The minimum atomic E-state index is -1.26. The Bertz CT molecular complexity index is 249. The van der Waals surface area contributed by atoms with Crippen molar-refractivity contribution < 1.29 is 4.21 Å². The summed E-state index contributed by atoms with van der Waals surface area (Å²) in [6.45, 7) is 1.92. The molecule has 0 heterocycles. The number of thioether (sulfide) groups is 1. The summed E-state index contributed by atoms with van der Waals surface area (Å²) in [7, 11) is -1.26. The predicted octanol–water partition coefficient (Wildman–Crippen LogP) is 2.51. The summed E-state index contributed by atoms with van der Waals surface area (Å²) in [5.41, 5.74) is 0. The quantitative estimate of drug-likeness (QED) is 0.747. The van der Waals surface area contributed by atoms with E-state index in [0.717, 1.165) is 0 Å². The molecule has 0 aromatic carbocycles. The second-order valence-corrected chi connectivity index (χ2v) is 4.71. The summed E-state index contributed by atoms with van der Waals surface area (Å²) in [5.74, 6) is 0.362. The van der Waals surface area contributed by atoms with Crippen LogP contribution in [0.5, 0.6) is 0 Å². The topological polar surface area (TPSA) is 43.1 Å². The van der Waals surface area contributed by atoms with Crippen molar-refractivity contribution >= 4 is 34.3 Å². The van der Waals surface area contributed by atoms with Gasteiger partial charge in [0, 0.05) is 0 Å². The van der Waals surface area contributed by atoms with Crippen LogP contribution in [0, 0.1) is 0 Å². The lowest BCUT2D eigenvalue weighted by Gasteiger charge is -1.89. The Hall–Kier alpha value is -0.0300. The average Bonchev–Trinajstić information content (AvgIpc) is 2.08. The molecular weight excluding hydrogens is 226 g/mol. The Morgan fingerprint density at radius 3 is 2.92 bits per heavy atom. The van der Waals surface area contributed by atoms with E-state index in [9.17, 15) is 4.21 Å². The van der Waals surface area contributed by atoms with E-state index in [1.807, 2.05) is 19.1 Å². The largest absolute Gasteiger partial charge is 0.252 e. The molecule has 0 spiro atoms. The first-order valence-electron chi connectivity index (χ1n) is 3.59. The van der Waals surface area contributed by atoms with Crippen LogP contribution >= 0.6 is 23.4 Å². The Morgan fingerprint density at radius 1 is 1.69 bits per heavy atom. The monoisotopic (exact) mass is 237 g/mol. The zero-order valence-corrected chi connectivity index (χ0v) is 9.66. The highest BCUT2D eigenvalue weighted by atomic mass is 35.5. The SMILES string of the molecule is C/C=C/C=C(/Cl)S/C=C/CS(N)=O. The lowest BCUT2D eigenvalue weighted by Crippen LogP contribution is -2.04. The van der Waals surface area contributed by atoms with Gasteiger partial charge in [-0.3, -0.25) is 5.14 Å². The molecule has 0 amide bonds. The molecule has 2 N–H and O–H groups in total. The predicted molar refractivity (Wildman–Crippen MR) is 62.7 cm³/mol. The maximum Gasteiger partial charge on any atom is 0.0927 e. The summed E-state index contributed by atoms with van der Waals surface area (Å²) < 4.78 is 11.1. The van der Waals surface area contributed by atoms with Gasteiger partial charge in [0.25, 0.3) is 0 Å². The van der Waals surface area contributed by atoms with Gasteiger partial charge in [0.15, 0.2) is 0 Å². The molecule has 0 saturated carbocycles. The third kappa shape index (κ3) is 9.89. The van der Waals surface area contributed by atoms with Crippen LogP contribution in [0.4, 0.5) is 0 Å². The van der Waals surface area contributed by atoms with Crippen LogP contribution < -0.4 is 5.14 Å². The molecule has 0 aliphatic rings. The molecule has 0 saturated heterocycles. The number of rotatable bonds is 5. The fourth-order valence-corrected chi connectivity index (χ4v) is 1.57. The highest BCUT2D eigenvalue weighted by molar-refractivity contribution is 8.07. The Morgan fingerprint density at radius 2 is 2.38 bits per heavy atom. The number of hydrogen-bond donors (Lipinski definition) is 1. The van der Waals surface area contributed by atoms with Crippen LogP contribution in [0.2, 0.25) is 0 Å². The second kappa shape index (κ2) is 8.56. The van der Waals surface area contributed by atoms with Gasteiger partial charge in [0.2, 0.25) is 0 Å². The van der Waals surface area contributed by atoms with Crippen LogP contribution in [0.3, 0.4) is 0 Å². The van der Waals surface area contributed by atoms with E-state index in [4.69, 9.17) is 16.7 Å². The minimum Gasteiger partial charge on any atom is -0.252 e. The van der Waals surface area contributed by atoms with E-state index < -0.39 is 11.0 Å². The van der Waals surface area contributed by atoms with E-state index in [0.29, 0.717) is 10.1 Å². The summed E-state index contributed by atoms with van der Waals surface area (Å²) in [6.07, 6.45) is 7.26. The molecule has 0 radical (unpaired) electrons. The zero-order valence-electron chi connectivity index (χ0n) is 7.27. The van der Waals surface area contributed by atoms with Gasteiger partial charge >= 0.3 is 0 Å². The Kier molecular flexibility index (Phi) is 8.54. The second-order valence-electron chi connectivity index (χ2n) is 2.03. The van der Waals surface area contributed by atoms with Crippen molar-refractivity contribution in [1.29, 1.82) is 0 Å². The molecule has 1 atom stereocenters. The van der Waals surface area contributed by atoms with Gasteiger partial charge in [-0.05, 0) is 18.4 Å². The Labute approximate surface area is 90.5 Å². The lowest BCUT2D eigenvalue weighted by atomic mass is 10.5. The summed E-state index contributed by atoms with van der Waals surface area (Å²) in [6, 6.07) is 0. The molecule has 0 aliphatic heterocycles. The van der Waals surface area contributed by atoms with Crippen LogP contribution in [0.1, 0.15) is 6.92 Å². The van der Waals surface area contributed by atoms with Crippen molar-refractivity contribution in [3.05, 3.63) is 34.1 Å². The van der Waals surface area contributed by atoms with Crippen molar-refractivity contribution in [2.75, 3.05) is 5.75 Å². The van der Waals surface area contributed by atoms with E-state index in [1.165, 1.54) is 11.8 Å². The normalized spacial score (nSPS) is 15.8. The van der Waals surface area contributed by atoms with Crippen LogP contribution in [0.25, 0.3) is 0 Å². The average molecular weight is 238 g/mol. The first-order chi connectivity index (χ1) is 6.16. The fourth-order valence-electron chi connectivity index (χ4n) is 0.458. The van der Waals surface area contributed by atoms with Gasteiger partial charge in [-0.2, -0.15) is 0 Å². The van der Waals surface area contributed by atoms with E-state index in [-0.39, 0.29) is 0 Å². The first kappa shape index (κ1) is 13.0. The lowest BCUT2D eigenvalue weighted by molar-refractivity contribution is 0.686. The van der Waals surface area contributed by atoms with Crippen molar-refractivity contribution in [2.45, 2.75) is 6.92 Å². The number of allylic oxidation sites excluding steroid dienone is 3. The molecule has 0 rings (SSSR count). The molecule has 0 bridgehead atoms. The van der Waals surface area contributed by atoms with Gasteiger partial charge in [-0.15, -0.1) is 0 Å². The molecule has 13 heavy (non-hydrogen) atoms. The Balaban J connectivity index is 3.75. The molecular formula is C8H12ClNOS2. The first-order valence-corrected chi connectivity index (χ1v) is 6.23. The minimum absolute atomic E-state index is 0.362. The van der Waals surface area contributed by atoms with Gasteiger partial charge < -0.3 is 0 Å². The van der Waals surface area contributed by atoms with E-state index >= 15 is 0 Å². The summed E-state index contributed by atoms with van der Waals surface area (Å²) in [4.78, 5) is 0. The molecule has 2 nitrogen and oxygen atoms in total. The van der Waals surface area contributed by atoms with Crippen molar-refractivity contribution in [3.63, 3.8) is 0 Å². The number of halogens is 1. The third-order valence-corrected chi connectivity index (χ3v) is 2.56. The van der Waals surface area contributed by atoms with Crippen LogP contribution in [-0.4, -0.2) is 9.96 Å².